The Hall–Kier alpha value is -1.51. The molecule has 2 N–H and O–H groups in total. The highest BCUT2D eigenvalue weighted by atomic mass is 16.6. The van der Waals surface area contributed by atoms with Crippen LogP contribution in [0.2, 0.25) is 0 Å². The number of hydrogen-bond acceptors (Lipinski definition) is 7. The number of carbonyl (C=O) groups excluding carboxylic acids is 3. The van der Waals surface area contributed by atoms with Gasteiger partial charge in [0.2, 0.25) is 5.91 Å². The van der Waals surface area contributed by atoms with E-state index in [0.29, 0.717) is 12.7 Å². The van der Waals surface area contributed by atoms with Gasteiger partial charge < -0.3 is 29.4 Å². The van der Waals surface area contributed by atoms with Gasteiger partial charge in [0, 0.05) is 20.0 Å². The van der Waals surface area contributed by atoms with E-state index in [4.69, 9.17) is 14.2 Å². The molecule has 5 atom stereocenters. The van der Waals surface area contributed by atoms with Crippen LogP contribution in [-0.2, 0) is 28.6 Å². The van der Waals surface area contributed by atoms with Crippen molar-refractivity contribution in [3.05, 3.63) is 0 Å². The molecule has 2 bridgehead atoms. The molecular formula is C13H19NO7. The third kappa shape index (κ3) is 3.58. The van der Waals surface area contributed by atoms with E-state index in [1.165, 1.54) is 7.11 Å². The topological polar surface area (TPSA) is 111 Å². The standard InChI is InChI=1S/C13H19NO7/c1-19-12-9-6-20-8(11(12)17)2-3-10(16)14-7(4-5-15)13(18)21-9/h5,7-9,11-12,17H,2-4,6H2,1H3,(H,14,16)/t7?,8-,9-,11+,12-/m0/s1. The normalized spacial score (nSPS) is 37.3. The van der Waals surface area contributed by atoms with Crippen molar-refractivity contribution in [2.75, 3.05) is 13.7 Å². The molecule has 8 heteroatoms. The maximum atomic E-state index is 12.0. The second-order valence-electron chi connectivity index (χ2n) is 5.10. The van der Waals surface area contributed by atoms with Gasteiger partial charge in [-0.25, -0.2) is 4.79 Å². The van der Waals surface area contributed by atoms with E-state index in [0.717, 1.165) is 0 Å². The van der Waals surface area contributed by atoms with Crippen LogP contribution in [0.1, 0.15) is 19.3 Å². The second-order valence-corrected chi connectivity index (χ2v) is 5.10. The lowest BCUT2D eigenvalue weighted by Gasteiger charge is -2.38. The van der Waals surface area contributed by atoms with E-state index >= 15 is 0 Å². The molecule has 0 aromatic heterocycles. The average molecular weight is 301 g/mol. The fourth-order valence-electron chi connectivity index (χ4n) is 2.57. The molecule has 0 aromatic carbocycles. The number of methoxy groups -OCH3 is 1. The van der Waals surface area contributed by atoms with Crippen LogP contribution in [0.15, 0.2) is 0 Å². The summed E-state index contributed by atoms with van der Waals surface area (Å²) in [6.45, 7) is 0.0774. The van der Waals surface area contributed by atoms with Gasteiger partial charge in [-0.05, 0) is 6.42 Å². The summed E-state index contributed by atoms with van der Waals surface area (Å²) in [5.41, 5.74) is 0. The van der Waals surface area contributed by atoms with E-state index in [1.54, 1.807) is 0 Å². The first-order valence-corrected chi connectivity index (χ1v) is 6.82. The smallest absolute Gasteiger partial charge is 0.329 e. The van der Waals surface area contributed by atoms with Crippen LogP contribution >= 0.6 is 0 Å². The molecule has 3 aliphatic heterocycles. The minimum absolute atomic E-state index is 0.0749. The van der Waals surface area contributed by atoms with Crippen molar-refractivity contribution in [2.45, 2.75) is 49.7 Å². The summed E-state index contributed by atoms with van der Waals surface area (Å²) >= 11 is 0. The zero-order chi connectivity index (χ0) is 15.4. The van der Waals surface area contributed by atoms with Crippen LogP contribution in [0.5, 0.6) is 0 Å². The molecule has 3 saturated heterocycles. The predicted octanol–water partition coefficient (Wildman–Crippen LogP) is -1.46. The summed E-state index contributed by atoms with van der Waals surface area (Å²) in [5.74, 6) is -1.13. The van der Waals surface area contributed by atoms with Crippen LogP contribution in [-0.4, -0.2) is 67.4 Å². The zero-order valence-electron chi connectivity index (χ0n) is 11.7. The molecule has 0 aliphatic carbocycles. The molecule has 118 valence electrons. The zero-order valence-corrected chi connectivity index (χ0v) is 11.7. The van der Waals surface area contributed by atoms with Crippen molar-refractivity contribution in [3.63, 3.8) is 0 Å². The number of aliphatic hydroxyl groups is 1. The van der Waals surface area contributed by atoms with E-state index in [9.17, 15) is 19.5 Å². The summed E-state index contributed by atoms with van der Waals surface area (Å²) < 4.78 is 15.9. The molecule has 0 radical (unpaired) electrons. The van der Waals surface area contributed by atoms with Crippen LogP contribution in [0.4, 0.5) is 0 Å². The summed E-state index contributed by atoms with van der Waals surface area (Å²) in [6.07, 6.45) is -2.30. The molecule has 3 heterocycles. The second kappa shape index (κ2) is 6.97. The highest BCUT2D eigenvalue weighted by molar-refractivity contribution is 5.86. The van der Waals surface area contributed by atoms with E-state index < -0.39 is 42.3 Å². The van der Waals surface area contributed by atoms with E-state index in [2.05, 4.69) is 5.32 Å². The lowest BCUT2D eigenvalue weighted by atomic mass is 9.96. The van der Waals surface area contributed by atoms with E-state index in [1.807, 2.05) is 0 Å². The molecule has 8 nitrogen and oxygen atoms in total. The quantitative estimate of drug-likeness (QED) is 0.484. The molecule has 0 saturated carbocycles. The SMILES string of the molecule is CO[C@@H]1[C@H](O)[C@@H]2CCC(=O)NC(CC=O)C(=O)O[C@H]1CO2. The lowest BCUT2D eigenvalue weighted by Crippen LogP contribution is -2.55. The summed E-state index contributed by atoms with van der Waals surface area (Å²) in [7, 11) is 1.41. The maximum Gasteiger partial charge on any atom is 0.329 e. The Morgan fingerprint density at radius 2 is 2.19 bits per heavy atom. The number of rotatable bonds is 3. The first-order chi connectivity index (χ1) is 10.1. The third-order valence-corrected chi connectivity index (χ3v) is 3.71. The number of fused-ring (bicyclic) bond motifs is 8. The lowest BCUT2D eigenvalue weighted by molar-refractivity contribution is -0.212. The Balaban J connectivity index is 2.22. The number of amides is 1. The highest BCUT2D eigenvalue weighted by Gasteiger charge is 2.43. The van der Waals surface area contributed by atoms with Crippen molar-refractivity contribution >= 4 is 18.2 Å². The van der Waals surface area contributed by atoms with Crippen LogP contribution in [0.3, 0.4) is 0 Å². The molecule has 3 fully saturated rings. The monoisotopic (exact) mass is 301 g/mol. The Kier molecular flexibility index (Phi) is 5.27. The largest absolute Gasteiger partial charge is 0.455 e. The summed E-state index contributed by atoms with van der Waals surface area (Å²) in [5, 5.41) is 12.6. The van der Waals surface area contributed by atoms with Crippen molar-refractivity contribution in [3.8, 4) is 0 Å². The van der Waals surface area contributed by atoms with Gasteiger partial charge in [0.05, 0.1) is 12.7 Å². The van der Waals surface area contributed by atoms with Gasteiger partial charge in [0.25, 0.3) is 0 Å². The number of hydrogen-bond donors (Lipinski definition) is 2. The number of aliphatic hydroxyl groups excluding tert-OH is 1. The minimum Gasteiger partial charge on any atom is -0.455 e. The molecule has 1 amide bonds. The van der Waals surface area contributed by atoms with Crippen LogP contribution in [0.25, 0.3) is 0 Å². The van der Waals surface area contributed by atoms with E-state index in [-0.39, 0.29) is 19.4 Å². The maximum absolute atomic E-state index is 12.0. The summed E-state index contributed by atoms with van der Waals surface area (Å²) in [4.78, 5) is 34.4. The van der Waals surface area contributed by atoms with Gasteiger partial charge in [0.15, 0.2) is 6.10 Å². The van der Waals surface area contributed by atoms with Gasteiger partial charge in [-0.3, -0.25) is 4.79 Å². The number of ether oxygens (including phenoxy) is 3. The summed E-state index contributed by atoms with van der Waals surface area (Å²) in [6, 6.07) is -1.03. The number of esters is 1. The fraction of sp³-hybridized carbons (Fsp3) is 0.769. The highest BCUT2D eigenvalue weighted by Crippen LogP contribution is 2.24. The molecule has 0 aromatic rings. The Morgan fingerprint density at radius 3 is 2.86 bits per heavy atom. The first kappa shape index (κ1) is 15.9. The first-order valence-electron chi connectivity index (χ1n) is 6.82. The Bertz CT molecular complexity index is 413. The van der Waals surface area contributed by atoms with Crippen LogP contribution < -0.4 is 5.32 Å². The number of aldehydes is 1. The molecule has 0 spiro atoms. The number of carbonyl (C=O) groups is 3. The van der Waals surface area contributed by atoms with Crippen molar-refractivity contribution < 1.29 is 33.7 Å². The Morgan fingerprint density at radius 1 is 1.43 bits per heavy atom. The van der Waals surface area contributed by atoms with Crippen LogP contribution in [0, 0.1) is 0 Å². The third-order valence-electron chi connectivity index (χ3n) is 3.71. The molecule has 1 unspecified atom stereocenters. The van der Waals surface area contributed by atoms with Crippen molar-refractivity contribution in [1.82, 2.24) is 5.32 Å². The molecular weight excluding hydrogens is 282 g/mol. The Labute approximate surface area is 121 Å². The minimum atomic E-state index is -1.03. The number of nitrogens with one attached hydrogen (secondary N) is 1. The predicted molar refractivity (Wildman–Crippen MR) is 68.3 cm³/mol. The van der Waals surface area contributed by atoms with Gasteiger partial charge in [-0.1, -0.05) is 0 Å². The van der Waals surface area contributed by atoms with Crippen molar-refractivity contribution in [2.24, 2.45) is 0 Å². The fourth-order valence-corrected chi connectivity index (χ4v) is 2.57. The average Bonchev–Trinajstić information content (AvgIpc) is 2.48. The van der Waals surface area contributed by atoms with Gasteiger partial charge in [-0.15, -0.1) is 0 Å². The van der Waals surface area contributed by atoms with Gasteiger partial charge in [0.1, 0.15) is 24.5 Å². The molecule has 21 heavy (non-hydrogen) atoms. The molecule has 3 rings (SSSR count). The van der Waals surface area contributed by atoms with Gasteiger partial charge in [-0.2, -0.15) is 0 Å². The molecule has 3 aliphatic rings. The van der Waals surface area contributed by atoms with Crippen molar-refractivity contribution in [1.29, 1.82) is 0 Å². The van der Waals surface area contributed by atoms with Gasteiger partial charge >= 0.3 is 5.97 Å².